The minimum Gasteiger partial charge on any atom is -0.373 e. The van der Waals surface area contributed by atoms with Crippen LogP contribution in [0.25, 0.3) is 0 Å². The van der Waals surface area contributed by atoms with E-state index in [0.29, 0.717) is 0 Å². The zero-order chi connectivity index (χ0) is 17.2. The predicted molar refractivity (Wildman–Crippen MR) is 64.7 cm³/mol. The van der Waals surface area contributed by atoms with Gasteiger partial charge in [0, 0.05) is 6.42 Å². The lowest BCUT2D eigenvalue weighted by Crippen LogP contribution is -2.47. The minimum atomic E-state index is -5.00. The molecule has 13 nitrogen and oxygen atoms in total. The van der Waals surface area contributed by atoms with Crippen molar-refractivity contribution in [1.82, 2.24) is 0 Å². The third-order valence-electron chi connectivity index (χ3n) is 2.30. The lowest BCUT2D eigenvalue weighted by Gasteiger charge is -2.33. The van der Waals surface area contributed by atoms with E-state index in [0.717, 1.165) is 0 Å². The van der Waals surface area contributed by atoms with E-state index < -0.39 is 69.1 Å². The van der Waals surface area contributed by atoms with Crippen LogP contribution in [-0.4, -0.2) is 70.4 Å². The molecular weight excluding hydrogens is 376 g/mol. The molecule has 0 spiro atoms. The van der Waals surface area contributed by atoms with Crippen LogP contribution in [0.1, 0.15) is 6.42 Å². The molecule has 3 N–H and O–H groups in total. The molecule has 132 valence electrons. The largest absolute Gasteiger partial charge is 0.397 e. The average Bonchev–Trinajstić information content (AvgIpc) is 2.24. The number of hydrogen-bond acceptors (Lipinski definition) is 10. The van der Waals surface area contributed by atoms with E-state index >= 15 is 0 Å². The molecule has 0 radical (unpaired) electrons. The van der Waals surface area contributed by atoms with E-state index in [9.17, 15) is 25.3 Å². The second kappa shape index (κ2) is 6.99. The SMILES string of the molecule is O=S(=O)(O)OCC1C[C@@H](OS(=O)(=O)O)C(OS(=O)(=O)O)CO1. The summed E-state index contributed by atoms with van der Waals surface area (Å²) < 4.78 is 106. The Morgan fingerprint density at radius 3 is 1.82 bits per heavy atom. The molecule has 1 heterocycles. The summed E-state index contributed by atoms with van der Waals surface area (Å²) in [4.78, 5) is 0. The first-order valence-electron chi connectivity index (χ1n) is 5.30. The van der Waals surface area contributed by atoms with E-state index in [1.807, 2.05) is 0 Å². The van der Waals surface area contributed by atoms with Crippen LogP contribution in [0, 0.1) is 0 Å². The smallest absolute Gasteiger partial charge is 0.373 e. The van der Waals surface area contributed by atoms with Crippen molar-refractivity contribution in [2.24, 2.45) is 0 Å². The molecule has 3 atom stereocenters. The monoisotopic (exact) mass is 388 g/mol. The van der Waals surface area contributed by atoms with E-state index in [-0.39, 0.29) is 0 Å². The second-order valence-corrected chi connectivity index (χ2v) is 7.22. The Kier molecular flexibility index (Phi) is 6.23. The molecule has 22 heavy (non-hydrogen) atoms. The zero-order valence-corrected chi connectivity index (χ0v) is 13.0. The fraction of sp³-hybridized carbons (Fsp3) is 1.00. The molecule has 1 fully saturated rings. The molecule has 0 aliphatic carbocycles. The normalized spacial score (nSPS) is 27.7. The van der Waals surface area contributed by atoms with Crippen molar-refractivity contribution in [3.05, 3.63) is 0 Å². The summed E-state index contributed by atoms with van der Waals surface area (Å²) in [7, 11) is -14.7. The van der Waals surface area contributed by atoms with Crippen molar-refractivity contribution in [2.45, 2.75) is 24.7 Å². The highest BCUT2D eigenvalue weighted by Gasteiger charge is 2.38. The summed E-state index contributed by atoms with van der Waals surface area (Å²) in [5.74, 6) is 0. The lowest BCUT2D eigenvalue weighted by atomic mass is 10.0. The van der Waals surface area contributed by atoms with E-state index in [1.54, 1.807) is 0 Å². The molecule has 1 aliphatic rings. The summed E-state index contributed by atoms with van der Waals surface area (Å²) in [6.45, 7) is -1.37. The van der Waals surface area contributed by atoms with Crippen molar-refractivity contribution in [3.8, 4) is 0 Å². The van der Waals surface area contributed by atoms with Gasteiger partial charge in [0.2, 0.25) is 0 Å². The van der Waals surface area contributed by atoms with Crippen LogP contribution in [0.3, 0.4) is 0 Å². The first kappa shape index (κ1) is 19.6. The summed E-state index contributed by atoms with van der Waals surface area (Å²) in [6, 6.07) is 0. The van der Waals surface area contributed by atoms with Gasteiger partial charge in [0.25, 0.3) is 0 Å². The molecule has 0 aromatic carbocycles. The highest BCUT2D eigenvalue weighted by molar-refractivity contribution is 7.81. The number of ether oxygens (including phenoxy) is 1. The van der Waals surface area contributed by atoms with E-state index in [2.05, 4.69) is 12.5 Å². The highest BCUT2D eigenvalue weighted by Crippen LogP contribution is 2.23. The maximum atomic E-state index is 10.7. The number of hydrogen-bond donors (Lipinski definition) is 3. The van der Waals surface area contributed by atoms with Crippen LogP contribution in [-0.2, 0) is 48.5 Å². The van der Waals surface area contributed by atoms with Crippen LogP contribution in [0.2, 0.25) is 0 Å². The molecular formula is C6H12O13S3. The third-order valence-corrected chi connectivity index (χ3v) is 3.71. The van der Waals surface area contributed by atoms with Crippen molar-refractivity contribution < 1.29 is 56.2 Å². The zero-order valence-electron chi connectivity index (χ0n) is 10.5. The Hall–Kier alpha value is -0.430. The molecule has 0 aromatic rings. The molecule has 0 bridgehead atoms. The predicted octanol–water partition coefficient (Wildman–Crippen LogP) is -2.03. The van der Waals surface area contributed by atoms with Gasteiger partial charge in [0.15, 0.2) is 0 Å². The summed E-state index contributed by atoms with van der Waals surface area (Å²) in [5, 5.41) is 0. The third kappa shape index (κ3) is 8.27. The van der Waals surface area contributed by atoms with E-state index in [1.165, 1.54) is 0 Å². The average molecular weight is 388 g/mol. The van der Waals surface area contributed by atoms with Crippen LogP contribution in [0.4, 0.5) is 0 Å². The Bertz CT molecular complexity index is 675. The summed E-state index contributed by atoms with van der Waals surface area (Å²) in [5.41, 5.74) is 0. The highest BCUT2D eigenvalue weighted by atomic mass is 32.3. The van der Waals surface area contributed by atoms with Gasteiger partial charge in [-0.3, -0.25) is 13.7 Å². The Balaban J connectivity index is 2.79. The molecule has 1 aliphatic heterocycles. The molecule has 0 amide bonds. The standard InChI is InChI=1S/C6H12O13S3/c7-20(8,9)17-2-4-1-5(18-21(10,11)12)6(3-16-4)19-22(13,14)15/h4-6H,1-3H2,(H,7,8,9)(H,10,11,12)(H,13,14,15)/t4?,5-,6?/m1/s1. The lowest BCUT2D eigenvalue weighted by molar-refractivity contribution is -0.113. The Labute approximate surface area is 126 Å². The first-order chi connectivity index (χ1) is 9.75. The molecule has 0 saturated carbocycles. The topological polar surface area (TPSA) is 200 Å². The molecule has 1 rings (SSSR count). The summed E-state index contributed by atoms with van der Waals surface area (Å²) in [6.07, 6.45) is -4.87. The van der Waals surface area contributed by atoms with Crippen LogP contribution in [0.15, 0.2) is 0 Å². The Morgan fingerprint density at radius 2 is 1.36 bits per heavy atom. The van der Waals surface area contributed by atoms with Crippen molar-refractivity contribution in [3.63, 3.8) is 0 Å². The van der Waals surface area contributed by atoms with Crippen LogP contribution >= 0.6 is 0 Å². The van der Waals surface area contributed by atoms with Crippen LogP contribution in [0.5, 0.6) is 0 Å². The molecule has 1 saturated heterocycles. The molecule has 16 heteroatoms. The van der Waals surface area contributed by atoms with Gasteiger partial charge in [-0.2, -0.15) is 25.3 Å². The quantitative estimate of drug-likeness (QED) is 0.403. The van der Waals surface area contributed by atoms with Crippen LogP contribution < -0.4 is 0 Å². The summed E-state index contributed by atoms with van der Waals surface area (Å²) >= 11 is 0. The van der Waals surface area contributed by atoms with Gasteiger partial charge < -0.3 is 4.74 Å². The van der Waals surface area contributed by atoms with Gasteiger partial charge in [0.05, 0.1) is 19.3 Å². The Morgan fingerprint density at radius 1 is 0.864 bits per heavy atom. The van der Waals surface area contributed by atoms with Gasteiger partial charge in [-0.1, -0.05) is 0 Å². The van der Waals surface area contributed by atoms with Gasteiger partial charge in [0.1, 0.15) is 12.2 Å². The maximum absolute atomic E-state index is 10.7. The van der Waals surface area contributed by atoms with Gasteiger partial charge in [-0.05, 0) is 0 Å². The molecule has 0 aromatic heterocycles. The van der Waals surface area contributed by atoms with Crippen molar-refractivity contribution >= 4 is 31.2 Å². The van der Waals surface area contributed by atoms with Crippen molar-refractivity contribution in [2.75, 3.05) is 13.2 Å². The first-order valence-corrected chi connectivity index (χ1v) is 9.39. The fourth-order valence-electron chi connectivity index (χ4n) is 1.60. The van der Waals surface area contributed by atoms with Crippen molar-refractivity contribution in [1.29, 1.82) is 0 Å². The second-order valence-electron chi connectivity index (χ2n) is 4.03. The van der Waals surface area contributed by atoms with Gasteiger partial charge >= 0.3 is 31.2 Å². The minimum absolute atomic E-state index is 0.491. The van der Waals surface area contributed by atoms with Gasteiger partial charge in [-0.25, -0.2) is 12.5 Å². The fourth-order valence-corrected chi connectivity index (χ4v) is 2.93. The molecule has 2 unspecified atom stereocenters. The van der Waals surface area contributed by atoms with Gasteiger partial charge in [-0.15, -0.1) is 0 Å². The van der Waals surface area contributed by atoms with E-state index in [4.69, 9.17) is 18.4 Å². The number of rotatable bonds is 7. The maximum Gasteiger partial charge on any atom is 0.397 e.